The summed E-state index contributed by atoms with van der Waals surface area (Å²) in [7, 11) is 0. The van der Waals surface area contributed by atoms with E-state index in [4.69, 9.17) is 4.42 Å². The molecular formula is C20H11F6N5O. The predicted molar refractivity (Wildman–Crippen MR) is 99.3 cm³/mol. The smallest absolute Gasteiger partial charge is 0.433 e. The van der Waals surface area contributed by atoms with Gasteiger partial charge in [-0.15, -0.1) is 0 Å². The fourth-order valence-corrected chi connectivity index (χ4v) is 2.86. The van der Waals surface area contributed by atoms with Gasteiger partial charge in [-0.25, -0.2) is 9.50 Å². The molecule has 0 unspecified atom stereocenters. The Hall–Kier alpha value is -4.06. The molecule has 0 radical (unpaired) electrons. The zero-order valence-electron chi connectivity index (χ0n) is 16.3. The van der Waals surface area contributed by atoms with E-state index in [1.807, 2.05) is 0 Å². The molecule has 0 aliphatic rings. The number of aromatic nitrogens is 3. The van der Waals surface area contributed by atoms with E-state index in [-0.39, 0.29) is 16.3 Å². The molecule has 0 amide bonds. The standard InChI is InChI=1S/C20H11F6N5O/c1-3-4-14-10(2)5-12(32-14)6-11(8-27)17-13(9-28)18-29-15(19(21,22)23)7-16(20(24,25)26)31(18)30-17/h3-7H,1-2H3/b4-3+,11-6+. The number of halogens is 6. The third-order valence-corrected chi connectivity index (χ3v) is 4.24. The van der Waals surface area contributed by atoms with Gasteiger partial charge in [0.15, 0.2) is 11.3 Å². The van der Waals surface area contributed by atoms with Gasteiger partial charge in [-0.05, 0) is 37.6 Å². The van der Waals surface area contributed by atoms with E-state index in [0.717, 1.165) is 6.08 Å². The van der Waals surface area contributed by atoms with Gasteiger partial charge in [0.05, 0.1) is 5.57 Å². The molecule has 12 heteroatoms. The van der Waals surface area contributed by atoms with Gasteiger partial charge < -0.3 is 4.42 Å². The summed E-state index contributed by atoms with van der Waals surface area (Å²) in [6, 6.07) is 4.52. The second-order valence-corrected chi connectivity index (χ2v) is 6.46. The van der Waals surface area contributed by atoms with E-state index >= 15 is 0 Å². The van der Waals surface area contributed by atoms with Crippen LogP contribution in [-0.2, 0) is 12.4 Å². The number of fused-ring (bicyclic) bond motifs is 1. The SMILES string of the molecule is C/C=C/c1oc(/C=C(\C#N)c2nn3c(C(F)(F)F)cc(C(F)(F)F)nc3c2C#N)cc1C. The van der Waals surface area contributed by atoms with Crippen LogP contribution in [0.1, 0.15) is 46.7 Å². The van der Waals surface area contributed by atoms with Crippen LogP contribution in [0.2, 0.25) is 0 Å². The highest BCUT2D eigenvalue weighted by Crippen LogP contribution is 2.36. The zero-order chi connectivity index (χ0) is 23.8. The van der Waals surface area contributed by atoms with Gasteiger partial charge >= 0.3 is 12.4 Å². The van der Waals surface area contributed by atoms with Crippen LogP contribution in [0.25, 0.3) is 23.4 Å². The average Bonchev–Trinajstić information content (AvgIpc) is 3.23. The summed E-state index contributed by atoms with van der Waals surface area (Å²) in [5.41, 5.74) is -5.59. The highest BCUT2D eigenvalue weighted by Gasteiger charge is 2.41. The van der Waals surface area contributed by atoms with Crippen LogP contribution < -0.4 is 0 Å². The molecule has 3 aromatic rings. The Bertz CT molecular complexity index is 1340. The fourth-order valence-electron chi connectivity index (χ4n) is 2.86. The number of alkyl halides is 6. The number of nitrogens with zero attached hydrogens (tertiary/aromatic N) is 5. The number of rotatable bonds is 3. The lowest BCUT2D eigenvalue weighted by Crippen LogP contribution is -2.18. The normalized spacial score (nSPS) is 13.0. The Morgan fingerprint density at radius 2 is 1.81 bits per heavy atom. The van der Waals surface area contributed by atoms with Crippen LogP contribution in [0.3, 0.4) is 0 Å². The first kappa shape index (κ1) is 22.6. The summed E-state index contributed by atoms with van der Waals surface area (Å²) in [5.74, 6) is 0.593. The van der Waals surface area contributed by atoms with Crippen molar-refractivity contribution in [1.82, 2.24) is 14.6 Å². The maximum atomic E-state index is 13.4. The summed E-state index contributed by atoms with van der Waals surface area (Å²) in [6.45, 7) is 3.46. The van der Waals surface area contributed by atoms with Gasteiger partial charge in [0.1, 0.15) is 40.6 Å². The molecule has 0 aliphatic heterocycles. The van der Waals surface area contributed by atoms with Crippen LogP contribution in [0.5, 0.6) is 0 Å². The molecule has 0 fully saturated rings. The molecule has 0 atom stereocenters. The summed E-state index contributed by atoms with van der Waals surface area (Å²) < 4.78 is 85.3. The maximum absolute atomic E-state index is 13.4. The molecule has 0 spiro atoms. The van der Waals surface area contributed by atoms with Crippen molar-refractivity contribution >= 4 is 23.4 Å². The lowest BCUT2D eigenvalue weighted by atomic mass is 10.1. The fraction of sp³-hybridized carbons (Fsp3) is 0.200. The van der Waals surface area contributed by atoms with Gasteiger partial charge in [-0.1, -0.05) is 6.08 Å². The lowest BCUT2D eigenvalue weighted by molar-refractivity contribution is -0.148. The topological polar surface area (TPSA) is 90.9 Å². The van der Waals surface area contributed by atoms with Gasteiger partial charge in [0.2, 0.25) is 0 Å². The first-order valence-electron chi connectivity index (χ1n) is 8.74. The first-order chi connectivity index (χ1) is 14.9. The summed E-state index contributed by atoms with van der Waals surface area (Å²) in [4.78, 5) is 3.16. The van der Waals surface area contributed by atoms with Crippen LogP contribution in [0, 0.1) is 29.6 Å². The molecule has 3 rings (SSSR count). The molecule has 3 heterocycles. The predicted octanol–water partition coefficient (Wildman–Crippen LogP) is 5.64. The number of nitriles is 2. The van der Waals surface area contributed by atoms with E-state index < -0.39 is 46.2 Å². The Kier molecular flexibility index (Phi) is 5.58. The van der Waals surface area contributed by atoms with Crippen molar-refractivity contribution in [3.63, 3.8) is 0 Å². The molecule has 0 bridgehead atoms. The van der Waals surface area contributed by atoms with Crippen molar-refractivity contribution in [3.8, 4) is 12.1 Å². The van der Waals surface area contributed by atoms with Crippen molar-refractivity contribution in [1.29, 1.82) is 10.5 Å². The van der Waals surface area contributed by atoms with E-state index in [2.05, 4.69) is 10.1 Å². The molecule has 3 aromatic heterocycles. The Morgan fingerprint density at radius 1 is 1.12 bits per heavy atom. The lowest BCUT2D eigenvalue weighted by Gasteiger charge is -2.12. The van der Waals surface area contributed by atoms with Crippen molar-refractivity contribution in [2.45, 2.75) is 26.2 Å². The Labute approximate surface area is 176 Å². The number of allylic oxidation sites excluding steroid dienone is 2. The van der Waals surface area contributed by atoms with E-state index in [0.29, 0.717) is 11.3 Å². The molecule has 0 saturated carbocycles. The monoisotopic (exact) mass is 451 g/mol. The second-order valence-electron chi connectivity index (χ2n) is 6.46. The van der Waals surface area contributed by atoms with Gasteiger partial charge in [-0.2, -0.15) is 42.0 Å². The average molecular weight is 451 g/mol. The van der Waals surface area contributed by atoms with Crippen LogP contribution in [-0.4, -0.2) is 14.6 Å². The number of hydrogen-bond donors (Lipinski definition) is 0. The number of aryl methyl sites for hydroxylation is 1. The largest absolute Gasteiger partial charge is 0.457 e. The number of furan rings is 1. The molecule has 0 aromatic carbocycles. The van der Waals surface area contributed by atoms with Gasteiger partial charge in [-0.3, -0.25) is 0 Å². The molecular weight excluding hydrogens is 440 g/mol. The quantitative estimate of drug-likeness (QED) is 0.380. The van der Waals surface area contributed by atoms with Crippen molar-refractivity contribution < 1.29 is 30.8 Å². The molecule has 0 aliphatic carbocycles. The summed E-state index contributed by atoms with van der Waals surface area (Å²) in [5, 5.41) is 22.6. The maximum Gasteiger partial charge on any atom is 0.433 e. The van der Waals surface area contributed by atoms with E-state index in [1.54, 1.807) is 32.1 Å². The van der Waals surface area contributed by atoms with E-state index in [1.165, 1.54) is 12.1 Å². The van der Waals surface area contributed by atoms with Crippen LogP contribution in [0.15, 0.2) is 22.6 Å². The molecule has 164 valence electrons. The Balaban J connectivity index is 2.32. The number of hydrogen-bond acceptors (Lipinski definition) is 5. The zero-order valence-corrected chi connectivity index (χ0v) is 16.3. The minimum Gasteiger partial charge on any atom is -0.457 e. The minimum absolute atomic E-state index is 0.0763. The van der Waals surface area contributed by atoms with E-state index in [9.17, 15) is 36.9 Å². The third kappa shape index (κ3) is 4.07. The van der Waals surface area contributed by atoms with Crippen molar-refractivity contribution in [2.75, 3.05) is 0 Å². The van der Waals surface area contributed by atoms with Crippen LogP contribution in [0.4, 0.5) is 26.3 Å². The molecule has 0 saturated heterocycles. The molecule has 0 N–H and O–H groups in total. The third-order valence-electron chi connectivity index (χ3n) is 4.24. The molecule has 6 nitrogen and oxygen atoms in total. The van der Waals surface area contributed by atoms with Crippen molar-refractivity contribution in [3.05, 3.63) is 57.9 Å². The highest BCUT2D eigenvalue weighted by atomic mass is 19.4. The van der Waals surface area contributed by atoms with Gasteiger partial charge in [0.25, 0.3) is 0 Å². The van der Waals surface area contributed by atoms with Gasteiger partial charge in [0, 0.05) is 6.08 Å². The molecule has 32 heavy (non-hydrogen) atoms. The second kappa shape index (κ2) is 7.89. The van der Waals surface area contributed by atoms with Crippen molar-refractivity contribution in [2.24, 2.45) is 0 Å². The first-order valence-corrected chi connectivity index (χ1v) is 8.74. The van der Waals surface area contributed by atoms with Crippen LogP contribution >= 0.6 is 0 Å². The summed E-state index contributed by atoms with van der Waals surface area (Å²) in [6.07, 6.45) is -5.99. The summed E-state index contributed by atoms with van der Waals surface area (Å²) >= 11 is 0. The highest BCUT2D eigenvalue weighted by molar-refractivity contribution is 5.91. The minimum atomic E-state index is -5.24. The Morgan fingerprint density at radius 3 is 2.34 bits per heavy atom.